The predicted molar refractivity (Wildman–Crippen MR) is 72.5 cm³/mol. The Morgan fingerprint density at radius 2 is 2.26 bits per heavy atom. The summed E-state index contributed by atoms with van der Waals surface area (Å²) in [4.78, 5) is 11.6. The van der Waals surface area contributed by atoms with Crippen LogP contribution in [-0.2, 0) is 11.3 Å². The van der Waals surface area contributed by atoms with E-state index in [1.54, 1.807) is 19.4 Å². The SMILES string of the molecule is COc1ccccc1C=CC(=O)NCc1ccn[nH]1. The third-order valence-corrected chi connectivity index (χ3v) is 2.56. The first-order chi connectivity index (χ1) is 9.29. The van der Waals surface area contributed by atoms with Gasteiger partial charge in [0.25, 0.3) is 0 Å². The number of nitrogens with one attached hydrogen (secondary N) is 2. The van der Waals surface area contributed by atoms with Gasteiger partial charge in [-0.2, -0.15) is 5.10 Å². The zero-order chi connectivity index (χ0) is 13.5. The predicted octanol–water partition coefficient (Wildman–Crippen LogP) is 1.75. The molecule has 5 nitrogen and oxygen atoms in total. The lowest BCUT2D eigenvalue weighted by atomic mass is 10.2. The van der Waals surface area contributed by atoms with E-state index in [1.807, 2.05) is 30.3 Å². The fourth-order valence-electron chi connectivity index (χ4n) is 1.59. The second-order valence-corrected chi connectivity index (χ2v) is 3.87. The molecule has 0 aliphatic carbocycles. The van der Waals surface area contributed by atoms with Gasteiger partial charge in [0.1, 0.15) is 5.75 Å². The van der Waals surface area contributed by atoms with Crippen molar-refractivity contribution in [3.8, 4) is 5.75 Å². The molecule has 1 aromatic heterocycles. The quantitative estimate of drug-likeness (QED) is 0.802. The molecule has 0 fully saturated rings. The molecule has 0 bridgehead atoms. The van der Waals surface area contributed by atoms with Gasteiger partial charge in [0, 0.05) is 17.8 Å². The smallest absolute Gasteiger partial charge is 0.244 e. The number of ether oxygens (including phenoxy) is 1. The molecule has 0 unspecified atom stereocenters. The highest BCUT2D eigenvalue weighted by atomic mass is 16.5. The Bertz CT molecular complexity index is 562. The molecular formula is C14H15N3O2. The van der Waals surface area contributed by atoms with Crippen LogP contribution in [0.15, 0.2) is 42.6 Å². The van der Waals surface area contributed by atoms with Crippen LogP contribution in [0, 0.1) is 0 Å². The number of hydrogen-bond acceptors (Lipinski definition) is 3. The molecule has 0 spiro atoms. The van der Waals surface area contributed by atoms with Crippen molar-refractivity contribution in [3.63, 3.8) is 0 Å². The van der Waals surface area contributed by atoms with Crippen molar-refractivity contribution in [1.29, 1.82) is 0 Å². The normalized spacial score (nSPS) is 10.6. The number of nitrogens with zero attached hydrogens (tertiary/aromatic N) is 1. The first-order valence-corrected chi connectivity index (χ1v) is 5.87. The molecule has 0 saturated carbocycles. The molecular weight excluding hydrogens is 242 g/mol. The van der Waals surface area contributed by atoms with Gasteiger partial charge >= 0.3 is 0 Å². The number of amides is 1. The van der Waals surface area contributed by atoms with E-state index in [0.29, 0.717) is 6.54 Å². The van der Waals surface area contributed by atoms with E-state index >= 15 is 0 Å². The third-order valence-electron chi connectivity index (χ3n) is 2.56. The monoisotopic (exact) mass is 257 g/mol. The van der Waals surface area contributed by atoms with E-state index in [1.165, 1.54) is 6.08 Å². The number of benzene rings is 1. The van der Waals surface area contributed by atoms with Crippen LogP contribution in [0.1, 0.15) is 11.3 Å². The van der Waals surface area contributed by atoms with Gasteiger partial charge in [-0.1, -0.05) is 18.2 Å². The number of aromatic amines is 1. The Labute approximate surface area is 111 Å². The average molecular weight is 257 g/mol. The van der Waals surface area contributed by atoms with Crippen molar-refractivity contribution in [3.05, 3.63) is 53.9 Å². The van der Waals surface area contributed by atoms with Gasteiger partial charge in [-0.3, -0.25) is 9.89 Å². The van der Waals surface area contributed by atoms with E-state index in [9.17, 15) is 4.79 Å². The van der Waals surface area contributed by atoms with Crippen LogP contribution in [-0.4, -0.2) is 23.2 Å². The van der Waals surface area contributed by atoms with Crippen LogP contribution in [0.25, 0.3) is 6.08 Å². The summed E-state index contributed by atoms with van der Waals surface area (Å²) in [5.41, 5.74) is 1.72. The molecule has 0 radical (unpaired) electrons. The number of H-pyrrole nitrogens is 1. The molecule has 98 valence electrons. The number of carbonyl (C=O) groups excluding carboxylic acids is 1. The molecule has 0 saturated heterocycles. The summed E-state index contributed by atoms with van der Waals surface area (Å²) in [6, 6.07) is 9.32. The lowest BCUT2D eigenvalue weighted by Crippen LogP contribution is -2.20. The van der Waals surface area contributed by atoms with Crippen molar-refractivity contribution < 1.29 is 9.53 Å². The molecule has 1 aromatic carbocycles. The molecule has 1 amide bonds. The Hall–Kier alpha value is -2.56. The Morgan fingerprint density at radius 3 is 3.00 bits per heavy atom. The summed E-state index contributed by atoms with van der Waals surface area (Å²) >= 11 is 0. The lowest BCUT2D eigenvalue weighted by molar-refractivity contribution is -0.116. The Balaban J connectivity index is 1.92. The minimum atomic E-state index is -0.166. The summed E-state index contributed by atoms with van der Waals surface area (Å²) in [6.07, 6.45) is 4.85. The van der Waals surface area contributed by atoms with E-state index in [0.717, 1.165) is 17.0 Å². The molecule has 0 atom stereocenters. The van der Waals surface area contributed by atoms with Crippen LogP contribution < -0.4 is 10.1 Å². The maximum absolute atomic E-state index is 11.6. The maximum Gasteiger partial charge on any atom is 0.244 e. The van der Waals surface area contributed by atoms with Gasteiger partial charge in [-0.05, 0) is 18.2 Å². The van der Waals surface area contributed by atoms with E-state index in [2.05, 4.69) is 15.5 Å². The molecule has 5 heteroatoms. The molecule has 19 heavy (non-hydrogen) atoms. The van der Waals surface area contributed by atoms with Crippen molar-refractivity contribution >= 4 is 12.0 Å². The van der Waals surface area contributed by atoms with Crippen LogP contribution in [0.3, 0.4) is 0 Å². The molecule has 2 N–H and O–H groups in total. The van der Waals surface area contributed by atoms with Crippen molar-refractivity contribution in [2.75, 3.05) is 7.11 Å². The highest BCUT2D eigenvalue weighted by Gasteiger charge is 2.00. The van der Waals surface area contributed by atoms with Gasteiger partial charge in [-0.25, -0.2) is 0 Å². The first kappa shape index (κ1) is 12.9. The number of aromatic nitrogens is 2. The highest BCUT2D eigenvalue weighted by molar-refractivity contribution is 5.92. The molecule has 2 aromatic rings. The van der Waals surface area contributed by atoms with Crippen molar-refractivity contribution in [2.45, 2.75) is 6.54 Å². The standard InChI is InChI=1S/C14H15N3O2/c1-19-13-5-3-2-4-11(13)6-7-14(18)15-10-12-8-9-16-17-12/h2-9H,10H2,1H3,(H,15,18)(H,16,17). The van der Waals surface area contributed by atoms with Gasteiger partial charge in [0.15, 0.2) is 0 Å². The molecule has 0 aliphatic rings. The van der Waals surface area contributed by atoms with E-state index in [4.69, 9.17) is 4.74 Å². The number of methoxy groups -OCH3 is 1. The van der Waals surface area contributed by atoms with Crippen LogP contribution >= 0.6 is 0 Å². The molecule has 1 heterocycles. The zero-order valence-corrected chi connectivity index (χ0v) is 10.6. The topological polar surface area (TPSA) is 67.0 Å². The number of hydrogen-bond donors (Lipinski definition) is 2. The minimum absolute atomic E-state index is 0.166. The first-order valence-electron chi connectivity index (χ1n) is 5.87. The van der Waals surface area contributed by atoms with Gasteiger partial charge in [-0.15, -0.1) is 0 Å². The maximum atomic E-state index is 11.6. The number of rotatable bonds is 5. The summed E-state index contributed by atoms with van der Waals surface area (Å²) < 4.78 is 5.20. The second kappa shape index (κ2) is 6.39. The number of carbonyl (C=O) groups is 1. The largest absolute Gasteiger partial charge is 0.496 e. The van der Waals surface area contributed by atoms with E-state index < -0.39 is 0 Å². The van der Waals surface area contributed by atoms with Crippen molar-refractivity contribution in [1.82, 2.24) is 15.5 Å². The highest BCUT2D eigenvalue weighted by Crippen LogP contribution is 2.18. The van der Waals surface area contributed by atoms with Crippen LogP contribution in [0.5, 0.6) is 5.75 Å². The molecule has 0 aliphatic heterocycles. The van der Waals surface area contributed by atoms with Crippen LogP contribution in [0.4, 0.5) is 0 Å². The fourth-order valence-corrected chi connectivity index (χ4v) is 1.59. The van der Waals surface area contributed by atoms with Crippen molar-refractivity contribution in [2.24, 2.45) is 0 Å². The summed E-state index contributed by atoms with van der Waals surface area (Å²) in [5, 5.41) is 9.34. The minimum Gasteiger partial charge on any atom is -0.496 e. The fraction of sp³-hybridized carbons (Fsp3) is 0.143. The van der Waals surface area contributed by atoms with Crippen LogP contribution in [0.2, 0.25) is 0 Å². The average Bonchev–Trinajstić information content (AvgIpc) is 2.96. The summed E-state index contributed by atoms with van der Waals surface area (Å²) in [7, 11) is 1.60. The van der Waals surface area contributed by atoms with Gasteiger partial charge in [0.05, 0.1) is 19.3 Å². The number of para-hydroxylation sites is 1. The Kier molecular flexibility index (Phi) is 4.34. The summed E-state index contributed by atoms with van der Waals surface area (Å²) in [5.74, 6) is 0.570. The van der Waals surface area contributed by atoms with E-state index in [-0.39, 0.29) is 5.91 Å². The molecule has 2 rings (SSSR count). The van der Waals surface area contributed by atoms with Gasteiger partial charge < -0.3 is 10.1 Å². The zero-order valence-electron chi connectivity index (χ0n) is 10.6. The van der Waals surface area contributed by atoms with Gasteiger partial charge in [0.2, 0.25) is 5.91 Å². The second-order valence-electron chi connectivity index (χ2n) is 3.87. The Morgan fingerprint density at radius 1 is 1.42 bits per heavy atom. The lowest BCUT2D eigenvalue weighted by Gasteiger charge is -2.03. The third kappa shape index (κ3) is 3.70. The summed E-state index contributed by atoms with van der Waals surface area (Å²) in [6.45, 7) is 0.426.